The molecule has 8 heteroatoms. The van der Waals surface area contributed by atoms with Crippen molar-refractivity contribution in [3.05, 3.63) is 55.0 Å². The molecule has 1 fully saturated rings. The minimum Gasteiger partial charge on any atom is -0.495 e. The molecule has 0 spiro atoms. The molecule has 150 valence electrons. The number of ether oxygens (including phenoxy) is 1. The van der Waals surface area contributed by atoms with Crippen LogP contribution in [0.1, 0.15) is 19.3 Å². The van der Waals surface area contributed by atoms with Crippen LogP contribution in [0, 0.1) is 0 Å². The number of hydrogen-bond donors (Lipinski definition) is 2. The van der Waals surface area contributed by atoms with E-state index in [2.05, 4.69) is 43.9 Å². The van der Waals surface area contributed by atoms with Gasteiger partial charge in [-0.05, 0) is 32.0 Å². The fourth-order valence-electron chi connectivity index (χ4n) is 3.93. The van der Waals surface area contributed by atoms with Crippen molar-refractivity contribution in [1.29, 1.82) is 0 Å². The molecule has 2 N–H and O–H groups in total. The van der Waals surface area contributed by atoms with Gasteiger partial charge in [-0.1, -0.05) is 12.2 Å². The van der Waals surface area contributed by atoms with Crippen LogP contribution in [0.2, 0.25) is 0 Å². The number of hydrogen-bond acceptors (Lipinski definition) is 6. The Balaban J connectivity index is 1.32. The molecule has 0 bridgehead atoms. The number of piperidine rings is 1. The minimum absolute atomic E-state index is 0.119. The molecule has 5 rings (SSSR count). The van der Waals surface area contributed by atoms with Crippen LogP contribution < -0.4 is 10.6 Å². The minimum atomic E-state index is 0.119. The van der Waals surface area contributed by atoms with Gasteiger partial charge in [0, 0.05) is 37.6 Å². The van der Waals surface area contributed by atoms with Gasteiger partial charge in [-0.25, -0.2) is 9.97 Å². The van der Waals surface area contributed by atoms with Gasteiger partial charge in [-0.3, -0.25) is 9.08 Å². The summed E-state index contributed by atoms with van der Waals surface area (Å²) in [6.45, 7) is 2.06. The number of aromatic nitrogens is 5. The van der Waals surface area contributed by atoms with Gasteiger partial charge < -0.3 is 15.4 Å². The summed E-state index contributed by atoms with van der Waals surface area (Å²) in [5, 5.41) is 11.2. The van der Waals surface area contributed by atoms with Crippen molar-refractivity contribution in [1.82, 2.24) is 29.5 Å². The molecule has 0 aromatic carbocycles. The summed E-state index contributed by atoms with van der Waals surface area (Å²) in [6, 6.07) is 0.119. The Morgan fingerprint density at radius 1 is 1.21 bits per heavy atom. The van der Waals surface area contributed by atoms with Gasteiger partial charge >= 0.3 is 0 Å². The summed E-state index contributed by atoms with van der Waals surface area (Å²) in [5.41, 5.74) is 2.82. The molecule has 4 heterocycles. The summed E-state index contributed by atoms with van der Waals surface area (Å²) in [5.74, 6) is 1.80. The standard InChI is InChI=1S/C21H25N7O/c1-27-14-15(12-25-27)19-13-24-21-20(23-9-10-28(19)21)26-16-3-2-4-18(11-16)29-17-5-7-22-8-6-17/h2-4,9-10,12-14,16-17,22H,5-8,11H2,1H3,(H,23,26). The highest BCUT2D eigenvalue weighted by Crippen LogP contribution is 2.25. The van der Waals surface area contributed by atoms with Gasteiger partial charge in [0.2, 0.25) is 0 Å². The first-order valence-corrected chi connectivity index (χ1v) is 10.1. The third-order valence-electron chi connectivity index (χ3n) is 5.40. The van der Waals surface area contributed by atoms with Crippen molar-refractivity contribution < 1.29 is 4.74 Å². The second-order valence-electron chi connectivity index (χ2n) is 7.56. The fourth-order valence-corrected chi connectivity index (χ4v) is 3.93. The molecule has 3 aromatic heterocycles. The topological polar surface area (TPSA) is 81.3 Å². The number of nitrogens with zero attached hydrogens (tertiary/aromatic N) is 5. The monoisotopic (exact) mass is 391 g/mol. The number of rotatable bonds is 5. The van der Waals surface area contributed by atoms with Crippen molar-refractivity contribution in [2.24, 2.45) is 7.05 Å². The van der Waals surface area contributed by atoms with Gasteiger partial charge in [-0.2, -0.15) is 5.10 Å². The Hall–Kier alpha value is -3.13. The second-order valence-corrected chi connectivity index (χ2v) is 7.56. The lowest BCUT2D eigenvalue weighted by atomic mass is 10.1. The first kappa shape index (κ1) is 17.9. The maximum absolute atomic E-state index is 6.23. The van der Waals surface area contributed by atoms with Crippen LogP contribution >= 0.6 is 0 Å². The Labute approximate surface area is 169 Å². The zero-order valence-corrected chi connectivity index (χ0v) is 16.5. The lowest BCUT2D eigenvalue weighted by Gasteiger charge is -2.28. The molecule has 1 aliphatic heterocycles. The molecule has 1 saturated heterocycles. The Kier molecular flexibility index (Phi) is 4.77. The second kappa shape index (κ2) is 7.71. The molecule has 0 radical (unpaired) electrons. The van der Waals surface area contributed by atoms with E-state index >= 15 is 0 Å². The lowest BCUT2D eigenvalue weighted by molar-refractivity contribution is 0.0817. The number of fused-ring (bicyclic) bond motifs is 1. The number of imidazole rings is 1. The quantitative estimate of drug-likeness (QED) is 0.696. The molecular formula is C21H25N7O. The van der Waals surface area contributed by atoms with Crippen LogP contribution in [0.4, 0.5) is 5.82 Å². The van der Waals surface area contributed by atoms with Crippen molar-refractivity contribution in [3.8, 4) is 11.3 Å². The molecule has 0 amide bonds. The van der Waals surface area contributed by atoms with Crippen molar-refractivity contribution >= 4 is 11.5 Å². The predicted octanol–water partition coefficient (Wildman–Crippen LogP) is 2.52. The average molecular weight is 391 g/mol. The fraction of sp³-hybridized carbons (Fsp3) is 0.381. The molecule has 1 atom stereocenters. The van der Waals surface area contributed by atoms with E-state index in [-0.39, 0.29) is 6.04 Å². The van der Waals surface area contributed by atoms with Crippen molar-refractivity contribution in [3.63, 3.8) is 0 Å². The summed E-state index contributed by atoms with van der Waals surface area (Å²) in [4.78, 5) is 9.14. The molecule has 8 nitrogen and oxygen atoms in total. The van der Waals surface area contributed by atoms with E-state index in [1.54, 1.807) is 10.9 Å². The number of nitrogens with one attached hydrogen (secondary N) is 2. The highest BCUT2D eigenvalue weighted by Gasteiger charge is 2.20. The maximum atomic E-state index is 6.23. The molecule has 1 aliphatic carbocycles. The molecule has 2 aliphatic rings. The molecule has 1 unspecified atom stereocenters. The van der Waals surface area contributed by atoms with E-state index in [4.69, 9.17) is 4.74 Å². The summed E-state index contributed by atoms with van der Waals surface area (Å²) >= 11 is 0. The third-order valence-corrected chi connectivity index (χ3v) is 5.40. The predicted molar refractivity (Wildman–Crippen MR) is 111 cm³/mol. The van der Waals surface area contributed by atoms with Crippen LogP contribution in [0.15, 0.2) is 55.0 Å². The Morgan fingerprint density at radius 3 is 2.93 bits per heavy atom. The van der Waals surface area contributed by atoms with Gasteiger partial charge in [0.05, 0.1) is 29.9 Å². The number of anilines is 1. The zero-order chi connectivity index (χ0) is 19.6. The zero-order valence-electron chi connectivity index (χ0n) is 16.5. The van der Waals surface area contributed by atoms with Gasteiger partial charge in [-0.15, -0.1) is 0 Å². The highest BCUT2D eigenvalue weighted by molar-refractivity contribution is 5.70. The van der Waals surface area contributed by atoms with E-state index < -0.39 is 0 Å². The molecule has 0 saturated carbocycles. The van der Waals surface area contributed by atoms with Crippen molar-refractivity contribution in [2.75, 3.05) is 18.4 Å². The summed E-state index contributed by atoms with van der Waals surface area (Å²) in [7, 11) is 1.91. The maximum Gasteiger partial charge on any atom is 0.180 e. The molecular weight excluding hydrogens is 366 g/mol. The average Bonchev–Trinajstić information content (AvgIpc) is 3.36. The number of aryl methyl sites for hydroxylation is 1. The Morgan fingerprint density at radius 2 is 2.10 bits per heavy atom. The summed E-state index contributed by atoms with van der Waals surface area (Å²) < 4.78 is 10.1. The summed E-state index contributed by atoms with van der Waals surface area (Å²) in [6.07, 6.45) is 18.9. The van der Waals surface area contributed by atoms with E-state index in [9.17, 15) is 0 Å². The van der Waals surface area contributed by atoms with Gasteiger partial charge in [0.25, 0.3) is 0 Å². The van der Waals surface area contributed by atoms with Crippen molar-refractivity contribution in [2.45, 2.75) is 31.4 Å². The van der Waals surface area contributed by atoms with Gasteiger partial charge in [0.15, 0.2) is 11.5 Å². The third kappa shape index (κ3) is 3.75. The lowest BCUT2D eigenvalue weighted by Crippen LogP contribution is -2.33. The number of allylic oxidation sites excluding steroid dienone is 2. The Bertz CT molecular complexity index is 1060. The normalized spacial score (nSPS) is 20.0. The largest absolute Gasteiger partial charge is 0.495 e. The first-order chi connectivity index (χ1) is 14.3. The van der Waals surface area contributed by atoms with Crippen LogP contribution in [-0.4, -0.2) is 49.4 Å². The highest BCUT2D eigenvalue weighted by atomic mass is 16.5. The van der Waals surface area contributed by atoms with E-state index in [1.165, 1.54) is 0 Å². The smallest absolute Gasteiger partial charge is 0.180 e. The molecule has 29 heavy (non-hydrogen) atoms. The SMILES string of the molecule is Cn1cc(-c2cnc3c(NC4C=CC=C(OC5CCNCC5)C4)nccn23)cn1. The first-order valence-electron chi connectivity index (χ1n) is 10.1. The van der Waals surface area contributed by atoms with E-state index in [0.29, 0.717) is 6.10 Å². The molecule has 3 aromatic rings. The van der Waals surface area contributed by atoms with Crippen LogP contribution in [0.25, 0.3) is 16.9 Å². The van der Waals surface area contributed by atoms with Crippen LogP contribution in [0.3, 0.4) is 0 Å². The van der Waals surface area contributed by atoms with Gasteiger partial charge in [0.1, 0.15) is 6.10 Å². The van der Waals surface area contributed by atoms with Crippen LogP contribution in [-0.2, 0) is 11.8 Å². The van der Waals surface area contributed by atoms with E-state index in [0.717, 1.165) is 60.8 Å². The van der Waals surface area contributed by atoms with Crippen LogP contribution in [0.5, 0.6) is 0 Å². The van der Waals surface area contributed by atoms with E-state index in [1.807, 2.05) is 36.2 Å².